The molecular weight excluding hydrogens is 325 g/mol. The summed E-state index contributed by atoms with van der Waals surface area (Å²) >= 11 is 1.51. The third-order valence-corrected chi connectivity index (χ3v) is 5.98. The van der Waals surface area contributed by atoms with Crippen LogP contribution in [-0.4, -0.2) is 33.0 Å². The van der Waals surface area contributed by atoms with E-state index in [9.17, 15) is 12.8 Å². The Morgan fingerprint density at radius 1 is 1.32 bits per heavy atom. The second kappa shape index (κ2) is 7.32. The summed E-state index contributed by atoms with van der Waals surface area (Å²) in [5.74, 6) is -0.447. The van der Waals surface area contributed by atoms with E-state index >= 15 is 0 Å². The van der Waals surface area contributed by atoms with Gasteiger partial charge >= 0.3 is 0 Å². The molecule has 120 valence electrons. The van der Waals surface area contributed by atoms with E-state index in [0.29, 0.717) is 12.2 Å². The Bertz CT molecular complexity index is 714. The topological polar surface area (TPSA) is 46.6 Å². The number of halogens is 1. The highest BCUT2D eigenvalue weighted by molar-refractivity contribution is 7.89. The SMILES string of the molecule is COCCN(Cc1ccsc1)S(=O)(=O)c1ccc(F)cc1C. The third-order valence-electron chi connectivity index (χ3n) is 3.24. The smallest absolute Gasteiger partial charge is 0.243 e. The van der Waals surface area contributed by atoms with E-state index in [2.05, 4.69) is 0 Å². The van der Waals surface area contributed by atoms with Gasteiger partial charge in [-0.2, -0.15) is 15.6 Å². The van der Waals surface area contributed by atoms with Gasteiger partial charge in [0.05, 0.1) is 11.5 Å². The summed E-state index contributed by atoms with van der Waals surface area (Å²) in [5, 5.41) is 3.81. The van der Waals surface area contributed by atoms with Crippen LogP contribution in [0.2, 0.25) is 0 Å². The van der Waals surface area contributed by atoms with Gasteiger partial charge in [0, 0.05) is 20.2 Å². The molecule has 0 bridgehead atoms. The highest BCUT2D eigenvalue weighted by Gasteiger charge is 2.26. The quantitative estimate of drug-likeness (QED) is 0.776. The summed E-state index contributed by atoms with van der Waals surface area (Å²) in [7, 11) is -2.18. The lowest BCUT2D eigenvalue weighted by Crippen LogP contribution is -2.33. The van der Waals surface area contributed by atoms with E-state index in [1.165, 1.54) is 41.0 Å². The van der Waals surface area contributed by atoms with Gasteiger partial charge < -0.3 is 4.74 Å². The first kappa shape index (κ1) is 17.1. The van der Waals surface area contributed by atoms with Crippen LogP contribution >= 0.6 is 11.3 Å². The zero-order chi connectivity index (χ0) is 16.2. The maximum Gasteiger partial charge on any atom is 0.243 e. The Balaban J connectivity index is 2.35. The molecule has 0 atom stereocenters. The molecule has 0 saturated carbocycles. The molecule has 2 aromatic rings. The molecule has 0 N–H and O–H groups in total. The fourth-order valence-electron chi connectivity index (χ4n) is 2.10. The number of aryl methyl sites for hydroxylation is 1. The molecule has 0 saturated heterocycles. The van der Waals surface area contributed by atoms with Crippen molar-refractivity contribution in [2.24, 2.45) is 0 Å². The van der Waals surface area contributed by atoms with E-state index in [-0.39, 0.29) is 18.0 Å². The summed E-state index contributed by atoms with van der Waals surface area (Å²) < 4.78 is 45.3. The zero-order valence-corrected chi connectivity index (χ0v) is 14.1. The first-order valence-corrected chi connectivity index (χ1v) is 9.09. The van der Waals surface area contributed by atoms with E-state index < -0.39 is 15.8 Å². The lowest BCUT2D eigenvalue weighted by molar-refractivity contribution is 0.177. The van der Waals surface area contributed by atoms with E-state index in [1.54, 1.807) is 6.92 Å². The van der Waals surface area contributed by atoms with Crippen LogP contribution in [0, 0.1) is 12.7 Å². The fourth-order valence-corrected chi connectivity index (χ4v) is 4.38. The van der Waals surface area contributed by atoms with Crippen molar-refractivity contribution in [1.29, 1.82) is 0 Å². The predicted octanol–water partition coefficient (Wildman–Crippen LogP) is 3.03. The van der Waals surface area contributed by atoms with Gasteiger partial charge in [0.15, 0.2) is 0 Å². The number of methoxy groups -OCH3 is 1. The van der Waals surface area contributed by atoms with Gasteiger partial charge in [0.1, 0.15) is 5.82 Å². The standard InChI is InChI=1S/C15H18FNO3S2/c1-12-9-14(16)3-4-15(12)22(18,19)17(6-7-20-2)10-13-5-8-21-11-13/h3-5,8-9,11H,6-7,10H2,1-2H3. The molecule has 0 amide bonds. The van der Waals surface area contributed by atoms with Crippen molar-refractivity contribution < 1.29 is 17.5 Å². The third kappa shape index (κ3) is 3.92. The minimum Gasteiger partial charge on any atom is -0.383 e. The van der Waals surface area contributed by atoms with Crippen LogP contribution < -0.4 is 0 Å². The van der Waals surface area contributed by atoms with Gasteiger partial charge in [-0.05, 0) is 53.1 Å². The van der Waals surface area contributed by atoms with Gasteiger partial charge in [-0.25, -0.2) is 12.8 Å². The highest BCUT2D eigenvalue weighted by Crippen LogP contribution is 2.23. The number of nitrogens with zero attached hydrogens (tertiary/aromatic N) is 1. The number of sulfonamides is 1. The summed E-state index contributed by atoms with van der Waals surface area (Å²) in [6, 6.07) is 5.59. The molecule has 2 rings (SSSR count). The van der Waals surface area contributed by atoms with Gasteiger partial charge in [0.2, 0.25) is 10.0 Å². The normalized spacial score (nSPS) is 12.0. The largest absolute Gasteiger partial charge is 0.383 e. The lowest BCUT2D eigenvalue weighted by Gasteiger charge is -2.22. The van der Waals surface area contributed by atoms with Crippen LogP contribution in [0.5, 0.6) is 0 Å². The van der Waals surface area contributed by atoms with Crippen molar-refractivity contribution in [3.63, 3.8) is 0 Å². The first-order valence-electron chi connectivity index (χ1n) is 6.71. The van der Waals surface area contributed by atoms with Crippen molar-refractivity contribution in [2.75, 3.05) is 20.3 Å². The van der Waals surface area contributed by atoms with Crippen LogP contribution in [0.25, 0.3) is 0 Å². The lowest BCUT2D eigenvalue weighted by atomic mass is 10.2. The number of rotatable bonds is 7. The number of thiophene rings is 1. The van der Waals surface area contributed by atoms with Crippen molar-refractivity contribution >= 4 is 21.4 Å². The molecule has 1 heterocycles. The number of benzene rings is 1. The Morgan fingerprint density at radius 2 is 2.09 bits per heavy atom. The van der Waals surface area contributed by atoms with Crippen LogP contribution in [0.3, 0.4) is 0 Å². The minimum absolute atomic E-state index is 0.125. The monoisotopic (exact) mass is 343 g/mol. The molecule has 0 spiro atoms. The summed E-state index contributed by atoms with van der Waals surface area (Å²) in [5.41, 5.74) is 1.32. The Kier molecular flexibility index (Phi) is 5.69. The van der Waals surface area contributed by atoms with Crippen LogP contribution in [-0.2, 0) is 21.3 Å². The van der Waals surface area contributed by atoms with Crippen molar-refractivity contribution in [3.05, 3.63) is 52.0 Å². The molecule has 7 heteroatoms. The Morgan fingerprint density at radius 3 is 2.68 bits per heavy atom. The van der Waals surface area contributed by atoms with Crippen molar-refractivity contribution in [3.8, 4) is 0 Å². The summed E-state index contributed by atoms with van der Waals surface area (Å²) in [4.78, 5) is 0.125. The average molecular weight is 343 g/mol. The number of ether oxygens (including phenoxy) is 1. The molecule has 0 aliphatic heterocycles. The van der Waals surface area contributed by atoms with E-state index in [4.69, 9.17) is 4.74 Å². The summed E-state index contributed by atoms with van der Waals surface area (Å²) in [6.07, 6.45) is 0. The van der Waals surface area contributed by atoms with Gasteiger partial charge in [-0.3, -0.25) is 0 Å². The van der Waals surface area contributed by atoms with Crippen LogP contribution in [0.1, 0.15) is 11.1 Å². The highest BCUT2D eigenvalue weighted by atomic mass is 32.2. The zero-order valence-electron chi connectivity index (χ0n) is 12.5. The van der Waals surface area contributed by atoms with Crippen LogP contribution in [0.4, 0.5) is 4.39 Å². The molecule has 1 aromatic carbocycles. The molecule has 4 nitrogen and oxygen atoms in total. The molecule has 0 aliphatic carbocycles. The average Bonchev–Trinajstić information content (AvgIpc) is 2.95. The number of hydrogen-bond donors (Lipinski definition) is 0. The molecule has 0 radical (unpaired) electrons. The van der Waals surface area contributed by atoms with Gasteiger partial charge in [-0.15, -0.1) is 0 Å². The van der Waals surface area contributed by atoms with Gasteiger partial charge in [-0.1, -0.05) is 0 Å². The second-order valence-electron chi connectivity index (χ2n) is 4.87. The molecule has 1 aromatic heterocycles. The van der Waals surface area contributed by atoms with Gasteiger partial charge in [0.25, 0.3) is 0 Å². The van der Waals surface area contributed by atoms with Crippen molar-refractivity contribution in [1.82, 2.24) is 4.31 Å². The Labute approximate surface area is 134 Å². The first-order chi connectivity index (χ1) is 10.4. The van der Waals surface area contributed by atoms with E-state index in [0.717, 1.165) is 5.56 Å². The molecule has 0 fully saturated rings. The molecule has 22 heavy (non-hydrogen) atoms. The Hall–Kier alpha value is -1.28. The summed E-state index contributed by atoms with van der Waals surface area (Å²) in [6.45, 7) is 2.40. The van der Waals surface area contributed by atoms with Crippen LogP contribution in [0.15, 0.2) is 39.9 Å². The fraction of sp³-hybridized carbons (Fsp3) is 0.333. The van der Waals surface area contributed by atoms with E-state index in [1.807, 2.05) is 16.8 Å². The molecule has 0 unspecified atom stereocenters. The second-order valence-corrected chi connectivity index (χ2v) is 7.56. The van der Waals surface area contributed by atoms with Crippen molar-refractivity contribution in [2.45, 2.75) is 18.4 Å². The maximum absolute atomic E-state index is 13.2. The molecular formula is C15H18FNO3S2. The number of hydrogen-bond acceptors (Lipinski definition) is 4. The maximum atomic E-state index is 13.2. The minimum atomic E-state index is -3.71. The predicted molar refractivity (Wildman–Crippen MR) is 84.9 cm³/mol. The molecule has 0 aliphatic rings.